The molecule has 2 N–H and O–H groups in total. The van der Waals surface area contributed by atoms with E-state index < -0.39 is 11.9 Å². The Morgan fingerprint density at radius 1 is 1.16 bits per heavy atom. The fourth-order valence-electron chi connectivity index (χ4n) is 1.60. The minimum atomic E-state index is -0.521. The number of hydrogen-bond acceptors (Lipinski definition) is 3. The van der Waals surface area contributed by atoms with Gasteiger partial charge in [0.2, 0.25) is 0 Å². The summed E-state index contributed by atoms with van der Waals surface area (Å²) in [6, 6.07) is 8.67. The van der Waals surface area contributed by atoms with Crippen LogP contribution >= 0.6 is 11.3 Å². The fourth-order valence-corrected chi connectivity index (χ4v) is 2.22. The van der Waals surface area contributed by atoms with E-state index in [2.05, 4.69) is 10.6 Å². The van der Waals surface area contributed by atoms with Crippen molar-refractivity contribution in [3.05, 3.63) is 51.7 Å². The van der Waals surface area contributed by atoms with Crippen molar-refractivity contribution in [1.29, 1.82) is 0 Å². The number of carbonyl (C=O) groups is 2. The van der Waals surface area contributed by atoms with Crippen LogP contribution in [-0.2, 0) is 0 Å². The number of rotatable bonds is 2. The summed E-state index contributed by atoms with van der Waals surface area (Å²) in [5.41, 5.74) is 2.70. The van der Waals surface area contributed by atoms with Crippen LogP contribution in [0.3, 0.4) is 0 Å². The van der Waals surface area contributed by atoms with Gasteiger partial charge in [0.15, 0.2) is 0 Å². The third kappa shape index (κ3) is 3.42. The van der Waals surface area contributed by atoms with Crippen LogP contribution in [0.15, 0.2) is 35.7 Å². The maximum atomic E-state index is 11.7. The highest BCUT2D eigenvalue weighted by Gasteiger charge is 2.11. The predicted molar refractivity (Wildman–Crippen MR) is 76.7 cm³/mol. The first kappa shape index (κ1) is 13.3. The van der Waals surface area contributed by atoms with Crippen LogP contribution in [0.2, 0.25) is 0 Å². The molecule has 1 aromatic heterocycles. The number of imide groups is 1. The van der Waals surface area contributed by atoms with Gasteiger partial charge in [-0.05, 0) is 42.5 Å². The van der Waals surface area contributed by atoms with Crippen molar-refractivity contribution in [3.63, 3.8) is 0 Å². The zero-order valence-electron chi connectivity index (χ0n) is 10.7. The topological polar surface area (TPSA) is 58.2 Å². The maximum Gasteiger partial charge on any atom is 0.326 e. The second-order valence-corrected chi connectivity index (χ2v) is 5.15. The highest BCUT2D eigenvalue weighted by atomic mass is 32.1. The van der Waals surface area contributed by atoms with E-state index in [4.69, 9.17) is 0 Å². The van der Waals surface area contributed by atoms with E-state index in [0.717, 1.165) is 11.1 Å². The molecule has 0 fully saturated rings. The van der Waals surface area contributed by atoms with Gasteiger partial charge in [0.25, 0.3) is 5.91 Å². The molecule has 0 aliphatic carbocycles. The lowest BCUT2D eigenvalue weighted by Crippen LogP contribution is -2.34. The normalized spacial score (nSPS) is 10.0. The number of urea groups is 1. The molecule has 19 heavy (non-hydrogen) atoms. The highest BCUT2D eigenvalue weighted by molar-refractivity contribution is 7.12. The van der Waals surface area contributed by atoms with E-state index in [1.807, 2.05) is 32.0 Å². The highest BCUT2D eigenvalue weighted by Crippen LogP contribution is 2.16. The van der Waals surface area contributed by atoms with Gasteiger partial charge in [-0.15, -0.1) is 11.3 Å². The number of thiophene rings is 1. The number of anilines is 1. The average Bonchev–Trinajstić information content (AvgIpc) is 2.87. The lowest BCUT2D eigenvalue weighted by atomic mass is 10.1. The molecule has 5 heteroatoms. The first-order valence-corrected chi connectivity index (χ1v) is 6.67. The number of benzene rings is 1. The first-order valence-electron chi connectivity index (χ1n) is 5.79. The molecular weight excluding hydrogens is 260 g/mol. The minimum absolute atomic E-state index is 0.391. The number of amides is 3. The molecule has 0 atom stereocenters. The van der Waals surface area contributed by atoms with E-state index in [1.54, 1.807) is 17.5 Å². The zero-order chi connectivity index (χ0) is 13.8. The number of nitrogens with one attached hydrogen (secondary N) is 2. The molecule has 98 valence electrons. The summed E-state index contributed by atoms with van der Waals surface area (Å²) < 4.78 is 0. The van der Waals surface area contributed by atoms with Crippen molar-refractivity contribution in [2.45, 2.75) is 13.8 Å². The number of carbonyl (C=O) groups excluding carboxylic acids is 2. The van der Waals surface area contributed by atoms with E-state index in [-0.39, 0.29) is 0 Å². The summed E-state index contributed by atoms with van der Waals surface area (Å²) in [4.78, 5) is 24.0. The third-order valence-electron chi connectivity index (χ3n) is 2.61. The molecule has 2 aromatic rings. The molecule has 2 rings (SSSR count). The Labute approximate surface area is 115 Å². The van der Waals surface area contributed by atoms with Crippen LogP contribution in [0, 0.1) is 13.8 Å². The van der Waals surface area contributed by atoms with Gasteiger partial charge in [0.1, 0.15) is 0 Å². The quantitative estimate of drug-likeness (QED) is 0.882. The van der Waals surface area contributed by atoms with Gasteiger partial charge >= 0.3 is 6.03 Å². The summed E-state index contributed by atoms with van der Waals surface area (Å²) in [5.74, 6) is -0.391. The van der Waals surface area contributed by atoms with Gasteiger partial charge < -0.3 is 5.32 Å². The molecule has 1 aromatic carbocycles. The second-order valence-electron chi connectivity index (χ2n) is 4.20. The van der Waals surface area contributed by atoms with E-state index >= 15 is 0 Å². The van der Waals surface area contributed by atoms with Gasteiger partial charge in [-0.1, -0.05) is 18.2 Å². The Balaban J connectivity index is 2.02. The van der Waals surface area contributed by atoms with Gasteiger partial charge in [0, 0.05) is 5.69 Å². The molecule has 0 aliphatic rings. The summed E-state index contributed by atoms with van der Waals surface area (Å²) in [6.07, 6.45) is 0. The molecule has 0 saturated heterocycles. The summed E-state index contributed by atoms with van der Waals surface area (Å²) in [6.45, 7) is 3.84. The zero-order valence-corrected chi connectivity index (χ0v) is 11.5. The molecule has 0 saturated carbocycles. The van der Waals surface area contributed by atoms with Crippen LogP contribution in [0.25, 0.3) is 0 Å². The van der Waals surface area contributed by atoms with Gasteiger partial charge in [-0.2, -0.15) is 0 Å². The monoisotopic (exact) mass is 274 g/mol. The van der Waals surface area contributed by atoms with Crippen LogP contribution in [0.4, 0.5) is 10.5 Å². The predicted octanol–water partition coefficient (Wildman–Crippen LogP) is 3.33. The lowest BCUT2D eigenvalue weighted by molar-refractivity contribution is 0.0971. The van der Waals surface area contributed by atoms with Crippen molar-refractivity contribution in [1.82, 2.24) is 5.32 Å². The molecule has 0 bridgehead atoms. The van der Waals surface area contributed by atoms with E-state index in [0.29, 0.717) is 10.6 Å². The van der Waals surface area contributed by atoms with Crippen LogP contribution in [0.5, 0.6) is 0 Å². The molecule has 1 heterocycles. The minimum Gasteiger partial charge on any atom is -0.307 e. The standard InChI is InChI=1S/C14H14N2O2S/c1-9-5-6-10(2)11(8-9)15-14(18)16-13(17)12-4-3-7-19-12/h3-8H,1-2H3,(H2,15,16,17,18). The van der Waals surface area contributed by atoms with Gasteiger partial charge in [0.05, 0.1) is 4.88 Å². The van der Waals surface area contributed by atoms with Crippen molar-refractivity contribution >= 4 is 29.0 Å². The van der Waals surface area contributed by atoms with Crippen molar-refractivity contribution < 1.29 is 9.59 Å². The summed E-state index contributed by atoms with van der Waals surface area (Å²) >= 11 is 1.29. The van der Waals surface area contributed by atoms with Crippen molar-refractivity contribution in [3.8, 4) is 0 Å². The number of hydrogen-bond donors (Lipinski definition) is 2. The molecule has 0 spiro atoms. The molecule has 0 aliphatic heterocycles. The molecule has 0 radical (unpaired) electrons. The van der Waals surface area contributed by atoms with Crippen molar-refractivity contribution in [2.24, 2.45) is 0 Å². The van der Waals surface area contributed by atoms with Crippen LogP contribution in [0.1, 0.15) is 20.8 Å². The number of aryl methyl sites for hydroxylation is 2. The Morgan fingerprint density at radius 3 is 2.63 bits per heavy atom. The summed E-state index contributed by atoms with van der Waals surface area (Å²) in [5, 5.41) is 6.77. The first-order chi connectivity index (χ1) is 9.06. The van der Waals surface area contributed by atoms with Crippen molar-refractivity contribution in [2.75, 3.05) is 5.32 Å². The third-order valence-corrected chi connectivity index (χ3v) is 3.48. The molecule has 0 unspecified atom stereocenters. The second kappa shape index (κ2) is 5.67. The van der Waals surface area contributed by atoms with E-state index in [1.165, 1.54) is 11.3 Å². The van der Waals surface area contributed by atoms with Crippen LogP contribution in [-0.4, -0.2) is 11.9 Å². The SMILES string of the molecule is Cc1ccc(C)c(NC(=O)NC(=O)c2cccs2)c1. The van der Waals surface area contributed by atoms with Crippen LogP contribution < -0.4 is 10.6 Å². The maximum absolute atomic E-state index is 11.7. The Kier molecular flexibility index (Phi) is 3.97. The largest absolute Gasteiger partial charge is 0.326 e. The Hall–Kier alpha value is -2.14. The summed E-state index contributed by atoms with van der Waals surface area (Å²) in [7, 11) is 0. The molecular formula is C14H14N2O2S. The lowest BCUT2D eigenvalue weighted by Gasteiger charge is -2.09. The molecule has 4 nitrogen and oxygen atoms in total. The Morgan fingerprint density at radius 2 is 1.95 bits per heavy atom. The van der Waals surface area contributed by atoms with Gasteiger partial charge in [-0.3, -0.25) is 10.1 Å². The fraction of sp³-hybridized carbons (Fsp3) is 0.143. The Bertz CT molecular complexity index is 606. The molecule has 3 amide bonds. The van der Waals surface area contributed by atoms with E-state index in [9.17, 15) is 9.59 Å². The van der Waals surface area contributed by atoms with Gasteiger partial charge in [-0.25, -0.2) is 4.79 Å². The smallest absolute Gasteiger partial charge is 0.307 e. The average molecular weight is 274 g/mol.